The summed E-state index contributed by atoms with van der Waals surface area (Å²) in [6, 6.07) is 0. The summed E-state index contributed by atoms with van der Waals surface area (Å²) in [4.78, 5) is 0. The Bertz CT molecular complexity index is 632. The smallest absolute Gasteiger partial charge is 0.257 e. The third-order valence-corrected chi connectivity index (χ3v) is 10.7. The van der Waals surface area contributed by atoms with Crippen molar-refractivity contribution < 1.29 is 25.2 Å². The van der Waals surface area contributed by atoms with Crippen LogP contribution in [0.5, 0.6) is 0 Å². The monoisotopic (exact) mass is 582 g/mol. The third kappa shape index (κ3) is 23.7. The zero-order chi connectivity index (χ0) is 28.2. The first-order valence-electron chi connectivity index (χ1n) is 16.2. The van der Waals surface area contributed by atoms with E-state index >= 15 is 0 Å². The van der Waals surface area contributed by atoms with E-state index in [0.29, 0.717) is 12.8 Å². The molecule has 0 aromatic heterocycles. The van der Waals surface area contributed by atoms with Gasteiger partial charge in [0.2, 0.25) is 0 Å². The molecule has 0 saturated carbocycles. The molecule has 0 aromatic carbocycles. The van der Waals surface area contributed by atoms with E-state index < -0.39 is 18.3 Å². The Morgan fingerprint density at radius 3 is 0.711 bits per heavy atom. The molecule has 0 rings (SSSR count). The highest BCUT2D eigenvalue weighted by atomic mass is 33.2. The van der Waals surface area contributed by atoms with Crippen LogP contribution in [0.25, 0.3) is 0 Å². The van der Waals surface area contributed by atoms with E-state index in [1.165, 1.54) is 116 Å². The van der Waals surface area contributed by atoms with Crippen molar-refractivity contribution in [3.05, 3.63) is 0 Å². The van der Waals surface area contributed by atoms with Crippen LogP contribution in [0.2, 0.25) is 0 Å². The lowest BCUT2D eigenvalue weighted by Crippen LogP contribution is -2.22. The molecule has 0 saturated heterocycles. The molecule has 0 radical (unpaired) electrons. The fraction of sp³-hybridized carbons (Fsp3) is 1.00. The molecule has 230 valence electrons. The predicted octanol–water partition coefficient (Wildman–Crippen LogP) is 9.78. The second-order valence-corrected chi connectivity index (χ2v) is 15.5. The normalized spacial score (nSPS) is 12.4. The predicted molar refractivity (Wildman–Crippen MR) is 161 cm³/mol. The molecule has 0 bridgehead atoms. The average molecular weight is 583 g/mol. The van der Waals surface area contributed by atoms with E-state index in [1.807, 2.05) is 0 Å². The van der Waals surface area contributed by atoms with Crippen molar-refractivity contribution in [3.63, 3.8) is 0 Å². The lowest BCUT2D eigenvalue weighted by molar-refractivity contribution is 0.290. The second kappa shape index (κ2) is 27.0. The maximum Gasteiger partial charge on any atom is 0.400 e. The summed E-state index contributed by atoms with van der Waals surface area (Å²) in [6.07, 6.45) is 30.6. The van der Waals surface area contributed by atoms with Gasteiger partial charge in [-0.25, -0.2) is 0 Å². The van der Waals surface area contributed by atoms with Gasteiger partial charge in [0.1, 0.15) is 0 Å². The topological polar surface area (TPSA) is 86.7 Å². The van der Waals surface area contributed by atoms with E-state index in [0.717, 1.165) is 38.5 Å². The molecular weight excluding hydrogens is 520 g/mol. The summed E-state index contributed by atoms with van der Waals surface area (Å²) in [7, 11) is -9.49. The third-order valence-electron chi connectivity index (χ3n) is 7.20. The van der Waals surface area contributed by atoms with Gasteiger partial charge < -0.3 is 0 Å². The molecule has 0 unspecified atom stereocenters. The first-order valence-corrected chi connectivity index (χ1v) is 19.5. The lowest BCUT2D eigenvalue weighted by atomic mass is 10.0. The van der Waals surface area contributed by atoms with Gasteiger partial charge in [-0.15, -0.1) is 0 Å². The van der Waals surface area contributed by atoms with E-state index in [4.69, 9.17) is 8.37 Å². The summed E-state index contributed by atoms with van der Waals surface area (Å²) >= 11 is 0. The van der Waals surface area contributed by atoms with Crippen molar-refractivity contribution in [1.82, 2.24) is 0 Å². The van der Waals surface area contributed by atoms with Gasteiger partial charge in [-0.1, -0.05) is 168 Å². The van der Waals surface area contributed by atoms with Crippen molar-refractivity contribution in [1.29, 1.82) is 0 Å². The first kappa shape index (κ1) is 37.8. The summed E-state index contributed by atoms with van der Waals surface area (Å²) < 4.78 is 57.4. The van der Waals surface area contributed by atoms with Gasteiger partial charge >= 0.3 is 18.3 Å². The van der Waals surface area contributed by atoms with Gasteiger partial charge in [0.15, 0.2) is 0 Å². The SMILES string of the molecule is CCCCCCCCCCCCCCCOS(=O)(=O)S(=O)(=O)OCCCCCCCCCCCCCCC. The number of rotatable bonds is 31. The Hall–Kier alpha value is -0.180. The van der Waals surface area contributed by atoms with Crippen LogP contribution in [0.3, 0.4) is 0 Å². The van der Waals surface area contributed by atoms with E-state index in [2.05, 4.69) is 13.8 Å². The molecule has 0 aliphatic carbocycles. The van der Waals surface area contributed by atoms with Crippen LogP contribution < -0.4 is 0 Å². The maximum absolute atomic E-state index is 12.0. The van der Waals surface area contributed by atoms with Crippen LogP contribution >= 0.6 is 0 Å². The van der Waals surface area contributed by atoms with E-state index in [1.54, 1.807) is 0 Å². The molecular formula is C30H62O6S2. The van der Waals surface area contributed by atoms with Crippen molar-refractivity contribution in [2.75, 3.05) is 13.2 Å². The zero-order valence-electron chi connectivity index (χ0n) is 25.1. The Balaban J connectivity index is 3.60. The minimum absolute atomic E-state index is 0.110. The standard InChI is InChI=1S/C30H62O6S2/c1-3-5-7-9-11-13-15-17-19-21-23-25-27-29-35-37(31,32)38(33,34)36-30-28-26-24-22-20-18-16-14-12-10-8-6-4-2/h3-30H2,1-2H3. The minimum atomic E-state index is -4.74. The molecule has 0 heterocycles. The van der Waals surface area contributed by atoms with Crippen molar-refractivity contribution in [3.8, 4) is 0 Å². The Morgan fingerprint density at radius 2 is 0.500 bits per heavy atom. The zero-order valence-corrected chi connectivity index (χ0v) is 26.7. The molecule has 0 aromatic rings. The van der Waals surface area contributed by atoms with Gasteiger partial charge in [-0.3, -0.25) is 8.37 Å². The summed E-state index contributed by atoms with van der Waals surface area (Å²) in [5.74, 6) is 0. The van der Waals surface area contributed by atoms with Crippen LogP contribution in [0.1, 0.15) is 181 Å². The van der Waals surface area contributed by atoms with E-state index in [-0.39, 0.29) is 13.2 Å². The van der Waals surface area contributed by atoms with Gasteiger partial charge in [-0.2, -0.15) is 16.8 Å². The summed E-state index contributed by atoms with van der Waals surface area (Å²) in [5, 5.41) is 0. The Kier molecular flexibility index (Phi) is 26.9. The highest BCUT2D eigenvalue weighted by Gasteiger charge is 2.32. The molecule has 0 amide bonds. The molecule has 8 heteroatoms. The van der Waals surface area contributed by atoms with Crippen LogP contribution in [0.4, 0.5) is 0 Å². The molecule has 0 atom stereocenters. The largest absolute Gasteiger partial charge is 0.400 e. The fourth-order valence-corrected chi connectivity index (χ4v) is 6.67. The molecule has 0 fully saturated rings. The van der Waals surface area contributed by atoms with Crippen LogP contribution in [0.15, 0.2) is 0 Å². The number of hydrogen-bond donors (Lipinski definition) is 0. The van der Waals surface area contributed by atoms with Crippen LogP contribution in [0, 0.1) is 0 Å². The van der Waals surface area contributed by atoms with Gasteiger partial charge in [0, 0.05) is 0 Å². The van der Waals surface area contributed by atoms with Gasteiger partial charge in [-0.05, 0) is 12.8 Å². The Labute approximate surface area is 237 Å². The molecule has 6 nitrogen and oxygen atoms in total. The van der Waals surface area contributed by atoms with Crippen molar-refractivity contribution in [2.24, 2.45) is 0 Å². The molecule has 38 heavy (non-hydrogen) atoms. The maximum atomic E-state index is 12.0. The summed E-state index contributed by atoms with van der Waals surface area (Å²) in [6.45, 7) is 4.26. The van der Waals surface area contributed by atoms with Crippen LogP contribution in [-0.4, -0.2) is 30.0 Å². The highest BCUT2D eigenvalue weighted by Crippen LogP contribution is 2.15. The van der Waals surface area contributed by atoms with E-state index in [9.17, 15) is 16.8 Å². The Morgan fingerprint density at radius 1 is 0.316 bits per heavy atom. The van der Waals surface area contributed by atoms with Gasteiger partial charge in [0.05, 0.1) is 13.2 Å². The highest BCUT2D eigenvalue weighted by molar-refractivity contribution is 8.63. The average Bonchev–Trinajstić information content (AvgIpc) is 2.89. The molecule has 0 N–H and O–H groups in total. The first-order chi connectivity index (χ1) is 18.4. The lowest BCUT2D eigenvalue weighted by Gasteiger charge is -2.08. The van der Waals surface area contributed by atoms with Crippen LogP contribution in [-0.2, 0) is 26.7 Å². The van der Waals surface area contributed by atoms with Gasteiger partial charge in [0.25, 0.3) is 0 Å². The van der Waals surface area contributed by atoms with Crippen molar-refractivity contribution in [2.45, 2.75) is 181 Å². The summed E-state index contributed by atoms with van der Waals surface area (Å²) in [5.41, 5.74) is 0. The minimum Gasteiger partial charge on any atom is -0.257 e. The quantitative estimate of drug-likeness (QED) is 0.0597. The molecule has 0 aliphatic heterocycles. The number of hydrogen-bond acceptors (Lipinski definition) is 6. The second-order valence-electron chi connectivity index (χ2n) is 10.9. The number of unbranched alkanes of at least 4 members (excludes halogenated alkanes) is 24. The molecule has 0 aliphatic rings. The molecule has 0 spiro atoms. The fourth-order valence-electron chi connectivity index (χ4n) is 4.68. The van der Waals surface area contributed by atoms with Crippen molar-refractivity contribution >= 4 is 18.3 Å².